The fourth-order valence-corrected chi connectivity index (χ4v) is 6.18. The van der Waals surface area contributed by atoms with Crippen LogP contribution in [0.3, 0.4) is 0 Å². The summed E-state index contributed by atoms with van der Waals surface area (Å²) in [6.45, 7) is 4.34. The first-order valence-corrected chi connectivity index (χ1v) is 15.1. The van der Waals surface area contributed by atoms with Crippen molar-refractivity contribution in [3.63, 3.8) is 0 Å². The number of allylic oxidation sites excluding steroid dienone is 10. The van der Waals surface area contributed by atoms with Crippen LogP contribution in [0, 0.1) is 12.2 Å². The van der Waals surface area contributed by atoms with Crippen molar-refractivity contribution >= 4 is 0 Å². The molecular weight excluding hydrogens is 604 g/mol. The second-order valence-electron chi connectivity index (χ2n) is 11.2. The first-order chi connectivity index (χ1) is 20.7. The average molecular weight is 638 g/mol. The first-order valence-electron chi connectivity index (χ1n) is 15.1. The smallest absolute Gasteiger partial charge is 0.462 e. The van der Waals surface area contributed by atoms with Gasteiger partial charge in [0.05, 0.1) is 0 Å². The van der Waals surface area contributed by atoms with Crippen molar-refractivity contribution < 1.29 is 35.0 Å². The van der Waals surface area contributed by atoms with E-state index in [1.807, 2.05) is 0 Å². The molecule has 0 amide bonds. The van der Waals surface area contributed by atoms with Gasteiger partial charge in [-0.15, -0.1) is 82.0 Å². The number of hydrogen-bond acceptors (Lipinski definition) is 2. The fourth-order valence-electron chi connectivity index (χ4n) is 6.18. The molecular formula is C40H34O2Zr. The molecule has 2 unspecified atom stereocenters. The molecule has 0 radical (unpaired) electrons. The summed E-state index contributed by atoms with van der Waals surface area (Å²) in [6, 6.07) is 21.4. The summed E-state index contributed by atoms with van der Waals surface area (Å²) in [5.41, 5.74) is 9.86. The molecule has 0 fully saturated rings. The molecule has 2 nitrogen and oxygen atoms in total. The average Bonchev–Trinajstić information content (AvgIpc) is 3.82. The van der Waals surface area contributed by atoms with E-state index >= 15 is 0 Å². The van der Waals surface area contributed by atoms with E-state index in [-0.39, 0.29) is 26.2 Å². The summed E-state index contributed by atoms with van der Waals surface area (Å²) >= 11 is 0. The minimum absolute atomic E-state index is 0. The number of hydrogen-bond donors (Lipinski definition) is 0. The van der Waals surface area contributed by atoms with Crippen LogP contribution in [0.1, 0.15) is 72.3 Å². The van der Waals surface area contributed by atoms with E-state index in [4.69, 9.17) is 8.83 Å². The summed E-state index contributed by atoms with van der Waals surface area (Å²) in [5, 5.41) is 0. The molecule has 2 heterocycles. The van der Waals surface area contributed by atoms with Crippen molar-refractivity contribution in [2.75, 3.05) is 0 Å². The van der Waals surface area contributed by atoms with Crippen LogP contribution in [0.2, 0.25) is 0 Å². The third-order valence-electron chi connectivity index (χ3n) is 8.27. The molecule has 4 aromatic rings. The molecule has 0 bridgehead atoms. The number of fused-ring (bicyclic) bond motifs is 6. The molecule has 8 rings (SSSR count). The molecule has 2 aromatic heterocycles. The predicted octanol–water partition coefficient (Wildman–Crippen LogP) is 10.4. The van der Waals surface area contributed by atoms with Crippen molar-refractivity contribution in [1.82, 2.24) is 0 Å². The fraction of sp³-hybridized carbons (Fsp3) is 0.200. The molecule has 0 N–H and O–H groups in total. The quantitative estimate of drug-likeness (QED) is 0.197. The van der Waals surface area contributed by atoms with Gasteiger partial charge in [0.1, 0.15) is 23.0 Å². The Morgan fingerprint density at radius 3 is 1.49 bits per heavy atom. The Balaban J connectivity index is 0.000000150. The van der Waals surface area contributed by atoms with Gasteiger partial charge in [0, 0.05) is 12.8 Å². The molecule has 0 saturated carbocycles. The van der Waals surface area contributed by atoms with Crippen LogP contribution in [0.5, 0.6) is 0 Å². The Labute approximate surface area is 274 Å². The summed E-state index contributed by atoms with van der Waals surface area (Å²) in [5.74, 6) is 4.80. The number of rotatable bonds is 6. The largest absolute Gasteiger partial charge is 2.00 e. The molecule has 0 saturated heterocycles. The van der Waals surface area contributed by atoms with Crippen LogP contribution in [-0.2, 0) is 39.0 Å². The summed E-state index contributed by atoms with van der Waals surface area (Å²) in [7, 11) is 0. The molecule has 210 valence electrons. The zero-order valence-corrected chi connectivity index (χ0v) is 27.1. The third-order valence-corrected chi connectivity index (χ3v) is 8.27. The molecule has 3 heteroatoms. The summed E-state index contributed by atoms with van der Waals surface area (Å²) < 4.78 is 11.9. The molecule has 0 spiro atoms. The molecule has 2 aromatic carbocycles. The van der Waals surface area contributed by atoms with Crippen molar-refractivity contribution in [2.45, 2.75) is 51.4 Å². The van der Waals surface area contributed by atoms with Gasteiger partial charge in [-0.3, -0.25) is 0 Å². The zero-order chi connectivity index (χ0) is 28.5. The van der Waals surface area contributed by atoms with Gasteiger partial charge in [0.2, 0.25) is 0 Å². The van der Waals surface area contributed by atoms with Crippen LogP contribution < -0.4 is 0 Å². The van der Waals surface area contributed by atoms with E-state index in [2.05, 4.69) is 135 Å². The van der Waals surface area contributed by atoms with Gasteiger partial charge in [0.15, 0.2) is 0 Å². The van der Waals surface area contributed by atoms with Crippen LogP contribution >= 0.6 is 0 Å². The van der Waals surface area contributed by atoms with Crippen molar-refractivity contribution in [3.8, 4) is 22.6 Å². The topological polar surface area (TPSA) is 26.3 Å². The van der Waals surface area contributed by atoms with E-state index in [1.54, 1.807) is 0 Å². The van der Waals surface area contributed by atoms with E-state index < -0.39 is 0 Å². The van der Waals surface area contributed by atoms with Crippen LogP contribution in [0.4, 0.5) is 0 Å². The van der Waals surface area contributed by atoms with Crippen LogP contribution in [-0.4, -0.2) is 0 Å². The maximum atomic E-state index is 5.93. The molecule has 4 aliphatic rings. The second-order valence-corrected chi connectivity index (χ2v) is 11.2. The Hall–Kier alpha value is -3.68. The van der Waals surface area contributed by atoms with Gasteiger partial charge in [-0.1, -0.05) is 62.4 Å². The normalized spacial score (nSPS) is 18.1. The minimum Gasteiger partial charge on any atom is -0.462 e. The Morgan fingerprint density at radius 2 is 1.05 bits per heavy atom. The standard InChI is InChI=1S/2C20H17O.Zr/c2*1-2-5-17-9-11-20(21-17)15-8-10-19-16(13-15)12-14-6-3-4-7-18(14)19;/h2*3-4,6-11,13,18H,2,5H2,1H3;/q2*-1;+2. The Morgan fingerprint density at radius 1 is 0.581 bits per heavy atom. The Bertz CT molecular complexity index is 1680. The van der Waals surface area contributed by atoms with Crippen LogP contribution in [0.15, 0.2) is 129 Å². The zero-order valence-electron chi connectivity index (χ0n) is 24.7. The third kappa shape index (κ3) is 5.93. The number of aryl methyl sites for hydroxylation is 2. The Kier molecular flexibility index (Phi) is 8.82. The van der Waals surface area contributed by atoms with Gasteiger partial charge >= 0.3 is 26.2 Å². The predicted molar refractivity (Wildman–Crippen MR) is 170 cm³/mol. The summed E-state index contributed by atoms with van der Waals surface area (Å²) in [6.07, 6.45) is 28.4. The minimum atomic E-state index is 0. The van der Waals surface area contributed by atoms with Crippen LogP contribution in [0.25, 0.3) is 22.6 Å². The molecule has 4 aliphatic carbocycles. The number of furan rings is 2. The first kappa shape index (κ1) is 29.4. The van der Waals surface area contributed by atoms with Crippen molar-refractivity contribution in [3.05, 3.63) is 166 Å². The second kappa shape index (κ2) is 12.9. The van der Waals surface area contributed by atoms with Crippen molar-refractivity contribution in [1.29, 1.82) is 0 Å². The van der Waals surface area contributed by atoms with Gasteiger partial charge in [-0.05, 0) is 60.1 Å². The molecule has 0 aliphatic heterocycles. The van der Waals surface area contributed by atoms with Gasteiger partial charge in [0.25, 0.3) is 0 Å². The molecule has 43 heavy (non-hydrogen) atoms. The van der Waals surface area contributed by atoms with Crippen molar-refractivity contribution in [2.24, 2.45) is 0 Å². The van der Waals surface area contributed by atoms with Gasteiger partial charge in [-0.25, -0.2) is 0 Å². The van der Waals surface area contributed by atoms with E-state index in [0.29, 0.717) is 11.8 Å². The van der Waals surface area contributed by atoms with E-state index in [1.165, 1.54) is 33.4 Å². The van der Waals surface area contributed by atoms with E-state index in [9.17, 15) is 0 Å². The van der Waals surface area contributed by atoms with Gasteiger partial charge < -0.3 is 8.83 Å². The monoisotopic (exact) mass is 636 g/mol. The number of benzene rings is 2. The SMILES string of the molecule is CCCc1ccc(-c2ccc3c(c2)[C-]=C2C=CC=CC23)o1.CCCc1ccc(-c2ccc3c(c2)[C-]=C2C=CC=CC23)o1.[Zr+2]. The molecule has 2 atom stereocenters. The van der Waals surface area contributed by atoms with E-state index in [0.717, 1.165) is 59.9 Å². The maximum absolute atomic E-state index is 5.93. The maximum Gasteiger partial charge on any atom is 2.00 e. The van der Waals surface area contributed by atoms with Gasteiger partial charge in [-0.2, -0.15) is 0 Å². The summed E-state index contributed by atoms with van der Waals surface area (Å²) in [4.78, 5) is 0.